The molecule has 0 unspecified atom stereocenters. The lowest BCUT2D eigenvalue weighted by Crippen LogP contribution is -2.14. The summed E-state index contributed by atoms with van der Waals surface area (Å²) in [5, 5.41) is 5.81. The summed E-state index contributed by atoms with van der Waals surface area (Å²) in [5.74, 6) is 0. The summed E-state index contributed by atoms with van der Waals surface area (Å²) in [6.07, 6.45) is 5.40. The number of hydrogen-bond donors (Lipinski definition) is 1. The van der Waals surface area contributed by atoms with Crippen LogP contribution in [0.2, 0.25) is 10.0 Å². The molecular formula is C14H14Cl2N2S. The van der Waals surface area contributed by atoms with Crippen LogP contribution in [0.15, 0.2) is 24.4 Å². The van der Waals surface area contributed by atoms with Crippen LogP contribution in [0.3, 0.4) is 0 Å². The zero-order chi connectivity index (χ0) is 13.2. The van der Waals surface area contributed by atoms with Crippen LogP contribution >= 0.6 is 34.5 Å². The molecule has 100 valence electrons. The third-order valence-electron chi connectivity index (χ3n) is 3.08. The maximum Gasteiger partial charge on any atom is 0.0972 e. The van der Waals surface area contributed by atoms with E-state index in [0.29, 0.717) is 10.0 Å². The number of aromatic nitrogens is 1. The second-order valence-corrected chi connectivity index (χ2v) is 6.81. The number of nitrogens with zero attached hydrogens (tertiary/aromatic N) is 1. The van der Waals surface area contributed by atoms with Gasteiger partial charge in [0, 0.05) is 30.1 Å². The summed E-state index contributed by atoms with van der Waals surface area (Å²) in [6.45, 7) is 0.934. The summed E-state index contributed by atoms with van der Waals surface area (Å²) in [7, 11) is 0. The van der Waals surface area contributed by atoms with Crippen molar-refractivity contribution in [3.63, 3.8) is 0 Å². The highest BCUT2D eigenvalue weighted by Gasteiger charge is 2.20. The molecule has 0 radical (unpaired) electrons. The van der Waals surface area contributed by atoms with Gasteiger partial charge >= 0.3 is 0 Å². The lowest BCUT2D eigenvalue weighted by Gasteiger charge is -2.01. The Bertz CT molecular complexity index is 579. The van der Waals surface area contributed by atoms with Gasteiger partial charge in [-0.05, 0) is 30.5 Å². The van der Waals surface area contributed by atoms with Crippen LogP contribution < -0.4 is 5.32 Å². The van der Waals surface area contributed by atoms with Crippen molar-refractivity contribution in [1.29, 1.82) is 0 Å². The highest BCUT2D eigenvalue weighted by atomic mass is 35.5. The third-order valence-corrected chi connectivity index (χ3v) is 4.82. The highest BCUT2D eigenvalue weighted by molar-refractivity contribution is 7.11. The Labute approximate surface area is 126 Å². The van der Waals surface area contributed by atoms with Crippen molar-refractivity contribution in [3.05, 3.63) is 49.9 Å². The Morgan fingerprint density at radius 2 is 2.11 bits per heavy atom. The standard InChI is InChI=1S/C14H14Cl2N2S/c15-12-4-1-9(5-13(12)16)6-14-18-8-11(19-14)7-17-10-2-3-10/h1,4-5,8,10,17H,2-3,6-7H2. The van der Waals surface area contributed by atoms with E-state index in [-0.39, 0.29) is 0 Å². The monoisotopic (exact) mass is 312 g/mol. The molecule has 0 spiro atoms. The first-order valence-corrected chi connectivity index (χ1v) is 7.89. The molecule has 0 saturated heterocycles. The van der Waals surface area contributed by atoms with Gasteiger partial charge in [-0.15, -0.1) is 11.3 Å². The molecule has 0 atom stereocenters. The molecule has 0 amide bonds. The van der Waals surface area contributed by atoms with Crippen molar-refractivity contribution in [2.75, 3.05) is 0 Å². The van der Waals surface area contributed by atoms with Gasteiger partial charge in [0.2, 0.25) is 0 Å². The molecule has 1 heterocycles. The summed E-state index contributed by atoms with van der Waals surface area (Å²) in [4.78, 5) is 5.76. The zero-order valence-electron chi connectivity index (χ0n) is 10.3. The van der Waals surface area contributed by atoms with Gasteiger partial charge in [-0.1, -0.05) is 29.3 Å². The minimum absolute atomic E-state index is 0.596. The molecule has 1 aliphatic rings. The molecule has 1 N–H and O–H groups in total. The van der Waals surface area contributed by atoms with E-state index in [0.717, 1.165) is 29.6 Å². The molecule has 1 fully saturated rings. The molecule has 1 saturated carbocycles. The molecule has 1 aliphatic carbocycles. The summed E-state index contributed by atoms with van der Waals surface area (Å²) >= 11 is 13.7. The zero-order valence-corrected chi connectivity index (χ0v) is 12.7. The van der Waals surface area contributed by atoms with Gasteiger partial charge in [0.1, 0.15) is 0 Å². The third kappa shape index (κ3) is 3.69. The number of halogens is 2. The predicted octanol–water partition coefficient (Wildman–Crippen LogP) is 4.29. The van der Waals surface area contributed by atoms with Crippen molar-refractivity contribution < 1.29 is 0 Å². The fourth-order valence-corrected chi connectivity index (χ4v) is 3.10. The topological polar surface area (TPSA) is 24.9 Å². The fourth-order valence-electron chi connectivity index (χ4n) is 1.87. The van der Waals surface area contributed by atoms with E-state index in [1.54, 1.807) is 11.3 Å². The molecule has 2 aromatic rings. The Morgan fingerprint density at radius 1 is 1.26 bits per heavy atom. The van der Waals surface area contributed by atoms with Gasteiger partial charge in [0.05, 0.1) is 15.1 Å². The number of benzene rings is 1. The van der Waals surface area contributed by atoms with Crippen LogP contribution in [0.5, 0.6) is 0 Å². The van der Waals surface area contributed by atoms with E-state index in [1.165, 1.54) is 17.7 Å². The summed E-state index contributed by atoms with van der Waals surface area (Å²) in [5.41, 5.74) is 1.14. The van der Waals surface area contributed by atoms with E-state index in [9.17, 15) is 0 Å². The normalized spacial score (nSPS) is 14.8. The minimum atomic E-state index is 0.596. The largest absolute Gasteiger partial charge is 0.309 e. The second-order valence-electron chi connectivity index (χ2n) is 4.80. The van der Waals surface area contributed by atoms with Crippen LogP contribution in [0.1, 0.15) is 28.3 Å². The SMILES string of the molecule is Clc1ccc(Cc2ncc(CNC3CC3)s2)cc1Cl. The molecular weight excluding hydrogens is 299 g/mol. The van der Waals surface area contributed by atoms with Crippen molar-refractivity contribution in [2.24, 2.45) is 0 Å². The van der Waals surface area contributed by atoms with Crippen LogP contribution in [0.25, 0.3) is 0 Å². The lowest BCUT2D eigenvalue weighted by atomic mass is 10.2. The highest BCUT2D eigenvalue weighted by Crippen LogP contribution is 2.25. The average molecular weight is 313 g/mol. The maximum atomic E-state index is 6.02. The number of hydrogen-bond acceptors (Lipinski definition) is 3. The van der Waals surface area contributed by atoms with E-state index in [4.69, 9.17) is 23.2 Å². The van der Waals surface area contributed by atoms with Crippen molar-refractivity contribution in [1.82, 2.24) is 10.3 Å². The molecule has 1 aromatic heterocycles. The first-order valence-electron chi connectivity index (χ1n) is 6.31. The molecule has 1 aromatic carbocycles. The van der Waals surface area contributed by atoms with Crippen molar-refractivity contribution in [2.45, 2.75) is 31.8 Å². The van der Waals surface area contributed by atoms with Crippen LogP contribution in [-0.4, -0.2) is 11.0 Å². The van der Waals surface area contributed by atoms with Gasteiger partial charge in [0.15, 0.2) is 0 Å². The summed E-state index contributed by atoms with van der Waals surface area (Å²) < 4.78 is 0. The Hall–Kier alpha value is -0.610. The molecule has 5 heteroatoms. The molecule has 0 bridgehead atoms. The van der Waals surface area contributed by atoms with Gasteiger partial charge < -0.3 is 5.32 Å². The van der Waals surface area contributed by atoms with E-state index in [2.05, 4.69) is 10.3 Å². The summed E-state index contributed by atoms with van der Waals surface area (Å²) in [6, 6.07) is 6.48. The molecule has 19 heavy (non-hydrogen) atoms. The smallest absolute Gasteiger partial charge is 0.0972 e. The predicted molar refractivity (Wildman–Crippen MR) is 81.2 cm³/mol. The molecule has 0 aliphatic heterocycles. The maximum absolute atomic E-state index is 6.02. The van der Waals surface area contributed by atoms with Crippen LogP contribution in [-0.2, 0) is 13.0 Å². The van der Waals surface area contributed by atoms with Crippen LogP contribution in [0, 0.1) is 0 Å². The number of rotatable bonds is 5. The Kier molecular flexibility index (Phi) is 4.08. The first-order chi connectivity index (χ1) is 9.20. The number of thiazole rings is 1. The van der Waals surface area contributed by atoms with Gasteiger partial charge in [0.25, 0.3) is 0 Å². The van der Waals surface area contributed by atoms with E-state index < -0.39 is 0 Å². The Balaban J connectivity index is 1.63. The lowest BCUT2D eigenvalue weighted by molar-refractivity contribution is 0.694. The van der Waals surface area contributed by atoms with Gasteiger partial charge in [-0.25, -0.2) is 4.98 Å². The minimum Gasteiger partial charge on any atom is -0.309 e. The molecule has 3 rings (SSSR count). The van der Waals surface area contributed by atoms with Crippen LogP contribution in [0.4, 0.5) is 0 Å². The van der Waals surface area contributed by atoms with E-state index >= 15 is 0 Å². The number of nitrogens with one attached hydrogen (secondary N) is 1. The first kappa shape index (κ1) is 13.4. The average Bonchev–Trinajstić information content (AvgIpc) is 3.12. The van der Waals surface area contributed by atoms with Crippen molar-refractivity contribution in [3.8, 4) is 0 Å². The Morgan fingerprint density at radius 3 is 2.84 bits per heavy atom. The van der Waals surface area contributed by atoms with E-state index in [1.807, 2.05) is 24.4 Å². The van der Waals surface area contributed by atoms with Crippen molar-refractivity contribution >= 4 is 34.5 Å². The fraction of sp³-hybridized carbons (Fsp3) is 0.357. The molecule has 2 nitrogen and oxygen atoms in total. The van der Waals surface area contributed by atoms with Gasteiger partial charge in [-0.3, -0.25) is 0 Å². The second kappa shape index (κ2) is 5.80. The quantitative estimate of drug-likeness (QED) is 0.890. The van der Waals surface area contributed by atoms with Gasteiger partial charge in [-0.2, -0.15) is 0 Å².